The maximum Gasteiger partial charge on any atom is 0.123 e. The molecule has 0 aromatic carbocycles. The second-order valence-corrected chi connectivity index (χ2v) is 3.33. The summed E-state index contributed by atoms with van der Waals surface area (Å²) in [6, 6.07) is 3.16. The van der Waals surface area contributed by atoms with Gasteiger partial charge in [0, 0.05) is 11.5 Å². The zero-order chi connectivity index (χ0) is 9.84. The molecule has 4 nitrogen and oxygen atoms in total. The van der Waals surface area contributed by atoms with E-state index in [1.54, 1.807) is 6.07 Å². The third kappa shape index (κ3) is 2.65. The van der Waals surface area contributed by atoms with Crippen LogP contribution >= 0.6 is 15.9 Å². The lowest BCUT2D eigenvalue weighted by Gasteiger charge is -2.15. The first-order valence-electron chi connectivity index (χ1n) is 3.78. The minimum absolute atomic E-state index is 0.316. The van der Waals surface area contributed by atoms with Gasteiger partial charge in [0.1, 0.15) is 11.9 Å². The van der Waals surface area contributed by atoms with Crippen molar-refractivity contribution in [2.24, 2.45) is 0 Å². The van der Waals surface area contributed by atoms with E-state index in [2.05, 4.69) is 20.9 Å². The first kappa shape index (κ1) is 10.4. The van der Waals surface area contributed by atoms with Gasteiger partial charge >= 0.3 is 0 Å². The zero-order valence-corrected chi connectivity index (χ0v) is 8.48. The van der Waals surface area contributed by atoms with Gasteiger partial charge in [0.05, 0.1) is 6.10 Å². The Kier molecular flexibility index (Phi) is 3.65. The standard InChI is InChI=1S/C8H11BrN2O2/c9-4-6(12)8(13)5-1-2-11-7(10)3-5/h1-3,6,8,12-13H,4H2,(H2,10,11). The molecule has 2 atom stereocenters. The highest BCUT2D eigenvalue weighted by Crippen LogP contribution is 2.18. The van der Waals surface area contributed by atoms with Gasteiger partial charge in [-0.3, -0.25) is 0 Å². The second-order valence-electron chi connectivity index (χ2n) is 2.68. The number of aliphatic hydroxyl groups is 2. The molecule has 0 bridgehead atoms. The van der Waals surface area contributed by atoms with Crippen LogP contribution in [0, 0.1) is 0 Å². The quantitative estimate of drug-likeness (QED) is 0.677. The summed E-state index contributed by atoms with van der Waals surface area (Å²) < 4.78 is 0. The molecule has 0 aliphatic rings. The fourth-order valence-corrected chi connectivity index (χ4v) is 1.31. The fourth-order valence-electron chi connectivity index (χ4n) is 0.956. The number of pyridine rings is 1. The largest absolute Gasteiger partial charge is 0.389 e. The molecular weight excluding hydrogens is 236 g/mol. The number of rotatable bonds is 3. The summed E-state index contributed by atoms with van der Waals surface area (Å²) in [5.74, 6) is 0.332. The van der Waals surface area contributed by atoms with Crippen LogP contribution in [0.4, 0.5) is 5.82 Å². The Balaban J connectivity index is 2.82. The number of nitrogen functional groups attached to an aromatic ring is 1. The lowest BCUT2D eigenvalue weighted by atomic mass is 10.1. The zero-order valence-electron chi connectivity index (χ0n) is 6.89. The number of hydrogen-bond acceptors (Lipinski definition) is 4. The molecule has 0 saturated heterocycles. The number of alkyl halides is 1. The molecule has 2 unspecified atom stereocenters. The molecule has 72 valence electrons. The van der Waals surface area contributed by atoms with E-state index in [1.165, 1.54) is 12.3 Å². The number of aliphatic hydroxyl groups excluding tert-OH is 2. The van der Waals surface area contributed by atoms with Crippen LogP contribution in [0.2, 0.25) is 0 Å². The molecular formula is C8H11BrN2O2. The summed E-state index contributed by atoms with van der Waals surface area (Å²) in [7, 11) is 0. The Bertz CT molecular complexity index is 283. The van der Waals surface area contributed by atoms with Crippen LogP contribution in [-0.2, 0) is 0 Å². The lowest BCUT2D eigenvalue weighted by Crippen LogP contribution is -2.19. The average molecular weight is 247 g/mol. The maximum absolute atomic E-state index is 9.55. The number of anilines is 1. The summed E-state index contributed by atoms with van der Waals surface area (Å²) in [5, 5.41) is 19.2. The van der Waals surface area contributed by atoms with Gasteiger partial charge in [-0.25, -0.2) is 4.98 Å². The van der Waals surface area contributed by atoms with Crippen molar-refractivity contribution in [3.05, 3.63) is 23.9 Å². The first-order chi connectivity index (χ1) is 6.15. The molecule has 5 heteroatoms. The van der Waals surface area contributed by atoms with Crippen molar-refractivity contribution >= 4 is 21.7 Å². The fraction of sp³-hybridized carbons (Fsp3) is 0.375. The SMILES string of the molecule is Nc1cc(C(O)C(O)CBr)ccn1. The Morgan fingerprint density at radius 1 is 1.54 bits per heavy atom. The van der Waals surface area contributed by atoms with E-state index in [-0.39, 0.29) is 0 Å². The van der Waals surface area contributed by atoms with E-state index in [0.29, 0.717) is 16.7 Å². The van der Waals surface area contributed by atoms with Gasteiger partial charge in [-0.15, -0.1) is 0 Å². The summed E-state index contributed by atoms with van der Waals surface area (Å²) >= 11 is 3.07. The highest BCUT2D eigenvalue weighted by molar-refractivity contribution is 9.09. The molecule has 0 amide bonds. The van der Waals surface area contributed by atoms with Crippen LogP contribution in [-0.4, -0.2) is 26.6 Å². The Labute approximate surface area is 84.5 Å². The van der Waals surface area contributed by atoms with Gasteiger partial charge in [-0.05, 0) is 17.7 Å². The minimum Gasteiger partial charge on any atom is -0.389 e. The van der Waals surface area contributed by atoms with Crippen molar-refractivity contribution in [1.29, 1.82) is 0 Å². The summed E-state index contributed by atoms with van der Waals surface area (Å²) in [6.07, 6.45) is -0.263. The number of nitrogens with two attached hydrogens (primary N) is 1. The van der Waals surface area contributed by atoms with Crippen molar-refractivity contribution in [3.8, 4) is 0 Å². The van der Waals surface area contributed by atoms with E-state index in [0.717, 1.165) is 0 Å². The minimum atomic E-state index is -0.926. The predicted octanol–water partition coefficient (Wildman–Crippen LogP) is 0.453. The highest BCUT2D eigenvalue weighted by atomic mass is 79.9. The van der Waals surface area contributed by atoms with Gasteiger partial charge < -0.3 is 15.9 Å². The number of nitrogens with zero attached hydrogens (tertiary/aromatic N) is 1. The Hall–Kier alpha value is -0.650. The van der Waals surface area contributed by atoms with Crippen LogP contribution in [0.15, 0.2) is 18.3 Å². The van der Waals surface area contributed by atoms with Crippen molar-refractivity contribution in [1.82, 2.24) is 4.98 Å². The third-order valence-corrected chi connectivity index (χ3v) is 2.33. The maximum atomic E-state index is 9.55. The van der Waals surface area contributed by atoms with Crippen molar-refractivity contribution < 1.29 is 10.2 Å². The molecule has 0 saturated carbocycles. The molecule has 0 fully saturated rings. The topological polar surface area (TPSA) is 79.4 Å². The molecule has 1 aromatic rings. The molecule has 13 heavy (non-hydrogen) atoms. The summed E-state index contributed by atoms with van der Waals surface area (Å²) in [5.41, 5.74) is 5.99. The molecule has 1 aromatic heterocycles. The normalized spacial score (nSPS) is 15.3. The predicted molar refractivity (Wildman–Crippen MR) is 53.4 cm³/mol. The monoisotopic (exact) mass is 246 g/mol. The molecule has 0 aliphatic carbocycles. The van der Waals surface area contributed by atoms with Crippen molar-refractivity contribution in [2.45, 2.75) is 12.2 Å². The first-order valence-corrected chi connectivity index (χ1v) is 4.91. The van der Waals surface area contributed by atoms with E-state index >= 15 is 0 Å². The molecule has 0 aliphatic heterocycles. The Morgan fingerprint density at radius 2 is 2.23 bits per heavy atom. The van der Waals surface area contributed by atoms with Crippen molar-refractivity contribution in [3.63, 3.8) is 0 Å². The second kappa shape index (κ2) is 4.55. The van der Waals surface area contributed by atoms with Gasteiger partial charge in [0.2, 0.25) is 0 Å². The van der Waals surface area contributed by atoms with Crippen molar-refractivity contribution in [2.75, 3.05) is 11.1 Å². The molecule has 1 heterocycles. The van der Waals surface area contributed by atoms with Gasteiger partial charge in [0.25, 0.3) is 0 Å². The summed E-state index contributed by atoms with van der Waals surface area (Å²) in [6.45, 7) is 0. The van der Waals surface area contributed by atoms with E-state index < -0.39 is 12.2 Å². The van der Waals surface area contributed by atoms with Gasteiger partial charge in [-0.1, -0.05) is 15.9 Å². The van der Waals surface area contributed by atoms with E-state index in [4.69, 9.17) is 5.73 Å². The van der Waals surface area contributed by atoms with Crippen LogP contribution < -0.4 is 5.73 Å². The number of aromatic nitrogens is 1. The number of hydrogen-bond donors (Lipinski definition) is 3. The van der Waals surface area contributed by atoms with Crippen LogP contribution in [0.3, 0.4) is 0 Å². The van der Waals surface area contributed by atoms with E-state index in [1.807, 2.05) is 0 Å². The molecule has 0 spiro atoms. The van der Waals surface area contributed by atoms with E-state index in [9.17, 15) is 10.2 Å². The third-order valence-electron chi connectivity index (χ3n) is 1.67. The summed E-state index contributed by atoms with van der Waals surface area (Å²) in [4.78, 5) is 3.78. The van der Waals surface area contributed by atoms with Crippen LogP contribution in [0.1, 0.15) is 11.7 Å². The Morgan fingerprint density at radius 3 is 2.77 bits per heavy atom. The molecule has 0 radical (unpaired) electrons. The smallest absolute Gasteiger partial charge is 0.123 e. The number of halogens is 1. The van der Waals surface area contributed by atoms with Gasteiger partial charge in [-0.2, -0.15) is 0 Å². The molecule has 1 rings (SSSR count). The highest BCUT2D eigenvalue weighted by Gasteiger charge is 2.16. The van der Waals surface area contributed by atoms with Gasteiger partial charge in [0.15, 0.2) is 0 Å². The van der Waals surface area contributed by atoms with Crippen LogP contribution in [0.25, 0.3) is 0 Å². The molecule has 4 N–H and O–H groups in total. The lowest BCUT2D eigenvalue weighted by molar-refractivity contribution is 0.0343. The average Bonchev–Trinajstić information content (AvgIpc) is 2.15. The van der Waals surface area contributed by atoms with Crippen LogP contribution in [0.5, 0.6) is 0 Å².